The average molecular weight is 280 g/mol. The molecule has 1 heterocycles. The van der Waals surface area contributed by atoms with E-state index in [1.54, 1.807) is 32.0 Å². The first-order valence-corrected chi connectivity index (χ1v) is 6.12. The molecule has 2 aromatic rings. The molecular weight excluding hydrogens is 266 g/mol. The quantitative estimate of drug-likeness (QED) is 0.816. The van der Waals surface area contributed by atoms with Crippen molar-refractivity contribution in [1.82, 2.24) is 9.78 Å². The van der Waals surface area contributed by atoms with E-state index in [0.717, 1.165) is 0 Å². The summed E-state index contributed by atoms with van der Waals surface area (Å²) in [7, 11) is 0. The minimum Gasteiger partial charge on any atom is -0.398 e. The van der Waals surface area contributed by atoms with Crippen LogP contribution in [0.1, 0.15) is 16.7 Å². The van der Waals surface area contributed by atoms with Gasteiger partial charge in [0.25, 0.3) is 11.1 Å². The first kappa shape index (κ1) is 13.4. The maximum absolute atomic E-state index is 12.1. The minimum absolute atomic E-state index is 0.140. The first-order valence-electron chi connectivity index (χ1n) is 5.75. The summed E-state index contributed by atoms with van der Waals surface area (Å²) in [4.78, 5) is 23.8. The predicted octanol–water partition coefficient (Wildman–Crippen LogP) is 1.44. The molecule has 1 aromatic heterocycles. The van der Waals surface area contributed by atoms with Gasteiger partial charge >= 0.3 is 0 Å². The van der Waals surface area contributed by atoms with Crippen LogP contribution in [0.4, 0.5) is 5.69 Å². The molecule has 2 rings (SSSR count). The number of halogens is 1. The van der Waals surface area contributed by atoms with Crippen molar-refractivity contribution in [2.75, 3.05) is 5.73 Å². The van der Waals surface area contributed by atoms with Crippen molar-refractivity contribution >= 4 is 17.3 Å². The fourth-order valence-electron chi connectivity index (χ4n) is 1.80. The van der Waals surface area contributed by atoms with Gasteiger partial charge in [-0.15, -0.1) is 0 Å². The smallest absolute Gasteiger partial charge is 0.268 e. The Morgan fingerprint density at radius 2 is 1.95 bits per heavy atom. The molecule has 100 valence electrons. The number of nitrogens with two attached hydrogens (primary N) is 1. The zero-order valence-electron chi connectivity index (χ0n) is 10.7. The fourth-order valence-corrected chi connectivity index (χ4v) is 2.04. The second-order valence-electron chi connectivity index (χ2n) is 4.39. The van der Waals surface area contributed by atoms with Crippen molar-refractivity contribution in [3.8, 4) is 0 Å². The highest BCUT2D eigenvalue weighted by Gasteiger charge is 2.10. The van der Waals surface area contributed by atoms with Gasteiger partial charge in [-0.25, -0.2) is 4.68 Å². The van der Waals surface area contributed by atoms with Crippen molar-refractivity contribution in [2.45, 2.75) is 20.4 Å². The van der Waals surface area contributed by atoms with Gasteiger partial charge in [0.05, 0.1) is 6.54 Å². The van der Waals surface area contributed by atoms with Crippen molar-refractivity contribution in [3.63, 3.8) is 0 Å². The molecule has 5 nitrogen and oxygen atoms in total. The number of nitrogen functional groups attached to an aromatic ring is 1. The lowest BCUT2D eigenvalue weighted by molar-refractivity contribution is 0.619. The highest BCUT2D eigenvalue weighted by molar-refractivity contribution is 6.31. The topological polar surface area (TPSA) is 80.9 Å². The SMILES string of the molecule is Cc1c(C)c(=O)n(Cc2c(N)cccc2Cl)[nH]c1=O. The molecule has 0 aliphatic heterocycles. The molecule has 0 amide bonds. The molecular formula is C13H14ClN3O2. The van der Waals surface area contributed by atoms with Crippen LogP contribution in [0.25, 0.3) is 0 Å². The molecule has 0 bridgehead atoms. The monoisotopic (exact) mass is 279 g/mol. The van der Waals surface area contributed by atoms with Crippen molar-refractivity contribution in [2.24, 2.45) is 0 Å². The molecule has 0 saturated carbocycles. The van der Waals surface area contributed by atoms with Crippen LogP contribution in [0, 0.1) is 13.8 Å². The zero-order chi connectivity index (χ0) is 14.2. The van der Waals surface area contributed by atoms with E-state index in [-0.39, 0.29) is 17.7 Å². The number of anilines is 1. The third-order valence-electron chi connectivity index (χ3n) is 3.18. The summed E-state index contributed by atoms with van der Waals surface area (Å²) < 4.78 is 1.22. The minimum atomic E-state index is -0.289. The number of nitrogens with one attached hydrogen (secondary N) is 1. The number of aromatic nitrogens is 2. The van der Waals surface area contributed by atoms with E-state index in [2.05, 4.69) is 5.10 Å². The van der Waals surface area contributed by atoms with Gasteiger partial charge < -0.3 is 5.73 Å². The van der Waals surface area contributed by atoms with Crippen molar-refractivity contribution in [1.29, 1.82) is 0 Å². The lowest BCUT2D eigenvalue weighted by Gasteiger charge is -2.11. The largest absolute Gasteiger partial charge is 0.398 e. The molecule has 6 heteroatoms. The van der Waals surface area contributed by atoms with Gasteiger partial charge in [0, 0.05) is 27.4 Å². The summed E-state index contributed by atoms with van der Waals surface area (Å²) >= 11 is 6.06. The number of rotatable bonds is 2. The Bertz CT molecular complexity index is 726. The van der Waals surface area contributed by atoms with Gasteiger partial charge in [-0.1, -0.05) is 17.7 Å². The van der Waals surface area contributed by atoms with Gasteiger partial charge in [-0.2, -0.15) is 0 Å². The maximum atomic E-state index is 12.1. The Labute approximate surface area is 114 Å². The summed E-state index contributed by atoms with van der Waals surface area (Å²) in [6.07, 6.45) is 0. The number of hydrogen-bond donors (Lipinski definition) is 2. The van der Waals surface area contributed by atoms with E-state index in [1.807, 2.05) is 0 Å². The van der Waals surface area contributed by atoms with Crippen LogP contribution >= 0.6 is 11.6 Å². The molecule has 0 unspecified atom stereocenters. The average Bonchev–Trinajstić information content (AvgIpc) is 2.37. The Morgan fingerprint density at radius 3 is 2.58 bits per heavy atom. The molecule has 0 atom stereocenters. The van der Waals surface area contributed by atoms with Crippen LogP contribution < -0.4 is 16.9 Å². The van der Waals surface area contributed by atoms with E-state index in [9.17, 15) is 9.59 Å². The van der Waals surface area contributed by atoms with E-state index < -0.39 is 0 Å². The molecule has 3 N–H and O–H groups in total. The summed E-state index contributed by atoms with van der Waals surface area (Å²) in [5, 5.41) is 2.99. The van der Waals surface area contributed by atoms with Crippen LogP contribution in [0.2, 0.25) is 5.02 Å². The predicted molar refractivity (Wildman–Crippen MR) is 75.8 cm³/mol. The Morgan fingerprint density at radius 1 is 1.26 bits per heavy atom. The second kappa shape index (κ2) is 4.93. The highest BCUT2D eigenvalue weighted by Crippen LogP contribution is 2.22. The number of hydrogen-bond acceptors (Lipinski definition) is 3. The second-order valence-corrected chi connectivity index (χ2v) is 4.80. The van der Waals surface area contributed by atoms with Gasteiger partial charge in [0.15, 0.2) is 0 Å². The summed E-state index contributed by atoms with van der Waals surface area (Å²) in [6, 6.07) is 5.12. The van der Waals surface area contributed by atoms with Crippen LogP contribution in [0.5, 0.6) is 0 Å². The van der Waals surface area contributed by atoms with Gasteiger partial charge in [0.1, 0.15) is 0 Å². The standard InChI is InChI=1S/C13H14ClN3O2/c1-7-8(2)13(19)17(16-12(7)18)6-9-10(14)4-3-5-11(9)15/h3-5H,6,15H2,1-2H3,(H,16,18). The molecule has 0 fully saturated rings. The molecule has 1 aromatic carbocycles. The molecule has 0 aliphatic carbocycles. The van der Waals surface area contributed by atoms with E-state index in [0.29, 0.717) is 27.4 Å². The van der Waals surface area contributed by atoms with Crippen molar-refractivity contribution < 1.29 is 0 Å². The Balaban J connectivity index is 2.57. The molecule has 0 aliphatic rings. The Hall–Kier alpha value is -2.01. The molecule has 0 radical (unpaired) electrons. The zero-order valence-corrected chi connectivity index (χ0v) is 11.4. The maximum Gasteiger partial charge on any atom is 0.268 e. The normalized spacial score (nSPS) is 10.7. The van der Waals surface area contributed by atoms with Crippen LogP contribution in [0.15, 0.2) is 27.8 Å². The first-order chi connectivity index (χ1) is 8.91. The van der Waals surface area contributed by atoms with Crippen LogP contribution in [-0.2, 0) is 6.54 Å². The van der Waals surface area contributed by atoms with Gasteiger partial charge in [-0.05, 0) is 26.0 Å². The molecule has 0 saturated heterocycles. The number of H-pyrrole nitrogens is 1. The molecule has 19 heavy (non-hydrogen) atoms. The van der Waals surface area contributed by atoms with Crippen LogP contribution in [0.3, 0.4) is 0 Å². The van der Waals surface area contributed by atoms with E-state index in [1.165, 1.54) is 4.68 Å². The summed E-state index contributed by atoms with van der Waals surface area (Å²) in [5.74, 6) is 0. The third-order valence-corrected chi connectivity index (χ3v) is 3.53. The molecule has 0 spiro atoms. The summed E-state index contributed by atoms with van der Waals surface area (Å²) in [6.45, 7) is 3.38. The van der Waals surface area contributed by atoms with E-state index >= 15 is 0 Å². The number of benzene rings is 1. The van der Waals surface area contributed by atoms with Crippen LogP contribution in [-0.4, -0.2) is 9.78 Å². The fraction of sp³-hybridized carbons (Fsp3) is 0.231. The Kier molecular flexibility index (Phi) is 3.48. The highest BCUT2D eigenvalue weighted by atomic mass is 35.5. The number of aromatic amines is 1. The summed E-state index contributed by atoms with van der Waals surface area (Å²) in [5.41, 5.74) is 7.24. The lowest BCUT2D eigenvalue weighted by Crippen LogP contribution is -2.33. The van der Waals surface area contributed by atoms with Gasteiger partial charge in [0.2, 0.25) is 0 Å². The lowest BCUT2D eigenvalue weighted by atomic mass is 10.1. The van der Waals surface area contributed by atoms with E-state index in [4.69, 9.17) is 17.3 Å². The van der Waals surface area contributed by atoms with Gasteiger partial charge in [-0.3, -0.25) is 14.7 Å². The van der Waals surface area contributed by atoms with Crippen molar-refractivity contribution in [3.05, 3.63) is 60.6 Å². The number of nitrogens with zero attached hydrogens (tertiary/aromatic N) is 1. The third kappa shape index (κ3) is 2.42.